The molecule has 0 aromatic heterocycles. The van der Waals surface area contributed by atoms with Crippen molar-refractivity contribution in [3.8, 4) is 0 Å². The minimum atomic E-state index is 0.551. The molecule has 0 aliphatic carbocycles. The minimum Gasteiger partial charge on any atom is -0.303 e. The molecule has 0 fully saturated rings. The molecule has 0 saturated heterocycles. The Labute approximate surface area is 52.0 Å². The van der Waals surface area contributed by atoms with Crippen molar-refractivity contribution in [2.24, 2.45) is 0 Å². The molecule has 48 valence electrons. The minimum absolute atomic E-state index is 0.551. The number of hydrogen-bond acceptors (Lipinski definition) is 1. The van der Waals surface area contributed by atoms with Gasteiger partial charge < -0.3 is 4.90 Å². The molecular weight excluding hydrogens is 98.1 g/mol. The average Bonchev–Trinajstić information content (AvgIpc) is 1.69. The van der Waals surface area contributed by atoms with Gasteiger partial charge in [-0.05, 0) is 20.5 Å². The third-order valence-electron chi connectivity index (χ3n) is 1.35. The summed E-state index contributed by atoms with van der Waals surface area (Å²) in [4.78, 5) is 2.16. The first-order valence-corrected chi connectivity index (χ1v) is 3.01. The Hall–Kier alpha value is -0.300. The van der Waals surface area contributed by atoms with Crippen LogP contribution in [0.2, 0.25) is 0 Å². The van der Waals surface area contributed by atoms with Crippen LogP contribution in [0.3, 0.4) is 0 Å². The standard InChI is InChI=1S/C7H15N/c1-5-7(6-2)8(3)4/h5,7H,1,6H2,2-4H3/t7-/m1/s1. The van der Waals surface area contributed by atoms with Crippen LogP contribution in [0.4, 0.5) is 0 Å². The van der Waals surface area contributed by atoms with Gasteiger partial charge in [-0.3, -0.25) is 0 Å². The Bertz CT molecular complexity index is 66.8. The zero-order valence-electron chi connectivity index (χ0n) is 6.02. The lowest BCUT2D eigenvalue weighted by Gasteiger charge is -2.17. The van der Waals surface area contributed by atoms with Gasteiger partial charge in [-0.25, -0.2) is 0 Å². The molecule has 8 heavy (non-hydrogen) atoms. The summed E-state index contributed by atoms with van der Waals surface area (Å²) in [6.45, 7) is 5.87. The molecule has 0 heterocycles. The third-order valence-corrected chi connectivity index (χ3v) is 1.35. The summed E-state index contributed by atoms with van der Waals surface area (Å²) in [5.74, 6) is 0. The molecule has 1 nitrogen and oxygen atoms in total. The van der Waals surface area contributed by atoms with E-state index in [9.17, 15) is 0 Å². The first-order valence-electron chi connectivity index (χ1n) is 3.01. The molecular formula is C7H15N. The number of nitrogens with zero attached hydrogens (tertiary/aromatic N) is 1. The van der Waals surface area contributed by atoms with Gasteiger partial charge in [-0.2, -0.15) is 0 Å². The van der Waals surface area contributed by atoms with Crippen molar-refractivity contribution in [3.63, 3.8) is 0 Å². The van der Waals surface area contributed by atoms with Gasteiger partial charge in [0.25, 0.3) is 0 Å². The molecule has 0 radical (unpaired) electrons. The molecule has 0 N–H and O–H groups in total. The van der Waals surface area contributed by atoms with Crippen LogP contribution in [0.15, 0.2) is 12.7 Å². The van der Waals surface area contributed by atoms with E-state index in [0.717, 1.165) is 6.42 Å². The van der Waals surface area contributed by atoms with Crippen molar-refractivity contribution in [1.82, 2.24) is 4.90 Å². The Morgan fingerprint density at radius 3 is 2.12 bits per heavy atom. The van der Waals surface area contributed by atoms with Crippen LogP contribution in [0.1, 0.15) is 13.3 Å². The van der Waals surface area contributed by atoms with Crippen LogP contribution in [0.5, 0.6) is 0 Å². The number of likely N-dealkylation sites (N-methyl/N-ethyl adjacent to an activating group) is 1. The summed E-state index contributed by atoms with van der Waals surface area (Å²) >= 11 is 0. The highest BCUT2D eigenvalue weighted by atomic mass is 15.1. The van der Waals surface area contributed by atoms with Crippen LogP contribution >= 0.6 is 0 Å². The lowest BCUT2D eigenvalue weighted by molar-refractivity contribution is 0.336. The predicted molar refractivity (Wildman–Crippen MR) is 38.0 cm³/mol. The van der Waals surface area contributed by atoms with E-state index in [1.165, 1.54) is 0 Å². The molecule has 0 spiro atoms. The van der Waals surface area contributed by atoms with Gasteiger partial charge in [0, 0.05) is 6.04 Å². The monoisotopic (exact) mass is 113 g/mol. The first kappa shape index (κ1) is 7.70. The Morgan fingerprint density at radius 1 is 1.62 bits per heavy atom. The summed E-state index contributed by atoms with van der Waals surface area (Å²) in [5, 5.41) is 0. The molecule has 0 unspecified atom stereocenters. The molecule has 0 aliphatic rings. The summed E-state index contributed by atoms with van der Waals surface area (Å²) in [7, 11) is 4.13. The number of hydrogen-bond donors (Lipinski definition) is 0. The quantitative estimate of drug-likeness (QED) is 0.501. The first-order chi connectivity index (χ1) is 3.72. The zero-order valence-corrected chi connectivity index (χ0v) is 6.02. The average molecular weight is 113 g/mol. The molecule has 0 saturated carbocycles. The van der Waals surface area contributed by atoms with Crippen molar-refractivity contribution in [3.05, 3.63) is 12.7 Å². The van der Waals surface area contributed by atoms with Crippen molar-refractivity contribution in [1.29, 1.82) is 0 Å². The molecule has 1 heteroatoms. The highest BCUT2D eigenvalue weighted by molar-refractivity contribution is 4.83. The molecule has 0 aromatic carbocycles. The predicted octanol–water partition coefficient (Wildman–Crippen LogP) is 1.51. The maximum absolute atomic E-state index is 3.71. The molecule has 0 aliphatic heterocycles. The SMILES string of the molecule is C=C[C@H](CC)N(C)C. The maximum atomic E-state index is 3.71. The molecule has 1 atom stereocenters. The lowest BCUT2D eigenvalue weighted by Crippen LogP contribution is -2.24. The van der Waals surface area contributed by atoms with Crippen molar-refractivity contribution in [2.75, 3.05) is 14.1 Å². The van der Waals surface area contributed by atoms with Gasteiger partial charge in [0.1, 0.15) is 0 Å². The van der Waals surface area contributed by atoms with Crippen LogP contribution in [-0.4, -0.2) is 25.0 Å². The topological polar surface area (TPSA) is 3.24 Å². The van der Waals surface area contributed by atoms with Gasteiger partial charge in [0.2, 0.25) is 0 Å². The van der Waals surface area contributed by atoms with Gasteiger partial charge in [0.05, 0.1) is 0 Å². The maximum Gasteiger partial charge on any atom is 0.0266 e. The van der Waals surface area contributed by atoms with Gasteiger partial charge >= 0.3 is 0 Å². The Morgan fingerprint density at radius 2 is 2.12 bits per heavy atom. The fraction of sp³-hybridized carbons (Fsp3) is 0.714. The third kappa shape index (κ3) is 2.12. The van der Waals surface area contributed by atoms with Crippen LogP contribution in [0, 0.1) is 0 Å². The van der Waals surface area contributed by atoms with E-state index in [4.69, 9.17) is 0 Å². The van der Waals surface area contributed by atoms with E-state index in [-0.39, 0.29) is 0 Å². The molecule has 0 amide bonds. The fourth-order valence-electron chi connectivity index (χ4n) is 0.743. The van der Waals surface area contributed by atoms with Gasteiger partial charge in [-0.15, -0.1) is 6.58 Å². The molecule has 0 rings (SSSR count). The molecule has 0 aromatic rings. The fourth-order valence-corrected chi connectivity index (χ4v) is 0.743. The van der Waals surface area contributed by atoms with Crippen molar-refractivity contribution < 1.29 is 0 Å². The van der Waals surface area contributed by atoms with Crippen LogP contribution in [0.25, 0.3) is 0 Å². The Kier molecular flexibility index (Phi) is 3.53. The highest BCUT2D eigenvalue weighted by Crippen LogP contribution is 1.97. The summed E-state index contributed by atoms with van der Waals surface area (Å²) in [5.41, 5.74) is 0. The number of rotatable bonds is 3. The second kappa shape index (κ2) is 3.67. The zero-order chi connectivity index (χ0) is 6.57. The summed E-state index contributed by atoms with van der Waals surface area (Å²) < 4.78 is 0. The van der Waals surface area contributed by atoms with E-state index in [1.54, 1.807) is 0 Å². The highest BCUT2D eigenvalue weighted by Gasteiger charge is 2.00. The van der Waals surface area contributed by atoms with E-state index < -0.39 is 0 Å². The van der Waals surface area contributed by atoms with E-state index in [2.05, 4.69) is 32.5 Å². The normalized spacial score (nSPS) is 14.0. The summed E-state index contributed by atoms with van der Waals surface area (Å²) in [6.07, 6.45) is 3.12. The molecule has 0 bridgehead atoms. The largest absolute Gasteiger partial charge is 0.303 e. The summed E-state index contributed by atoms with van der Waals surface area (Å²) in [6, 6.07) is 0.551. The van der Waals surface area contributed by atoms with E-state index in [1.807, 2.05) is 6.08 Å². The van der Waals surface area contributed by atoms with Crippen LogP contribution < -0.4 is 0 Å². The second-order valence-corrected chi connectivity index (χ2v) is 2.17. The van der Waals surface area contributed by atoms with Gasteiger partial charge in [0.15, 0.2) is 0 Å². The van der Waals surface area contributed by atoms with Gasteiger partial charge in [-0.1, -0.05) is 13.0 Å². The second-order valence-electron chi connectivity index (χ2n) is 2.17. The van der Waals surface area contributed by atoms with Crippen molar-refractivity contribution in [2.45, 2.75) is 19.4 Å². The lowest BCUT2D eigenvalue weighted by atomic mass is 10.2. The Balaban J connectivity index is 3.51. The van der Waals surface area contributed by atoms with E-state index >= 15 is 0 Å². The smallest absolute Gasteiger partial charge is 0.0266 e. The van der Waals surface area contributed by atoms with E-state index in [0.29, 0.717) is 6.04 Å². The van der Waals surface area contributed by atoms with Crippen molar-refractivity contribution >= 4 is 0 Å². The van der Waals surface area contributed by atoms with Crippen LogP contribution in [-0.2, 0) is 0 Å².